The molecule has 0 radical (unpaired) electrons. The highest BCUT2D eigenvalue weighted by molar-refractivity contribution is 5.33. The van der Waals surface area contributed by atoms with Crippen LogP contribution in [0.2, 0.25) is 0 Å². The summed E-state index contributed by atoms with van der Waals surface area (Å²) in [5.41, 5.74) is 2.36. The predicted octanol–water partition coefficient (Wildman–Crippen LogP) is 3.98. The van der Waals surface area contributed by atoms with Crippen LogP contribution in [0.4, 0.5) is 0 Å². The van der Waals surface area contributed by atoms with Crippen LogP contribution in [0.3, 0.4) is 0 Å². The summed E-state index contributed by atoms with van der Waals surface area (Å²) in [6.07, 6.45) is 3.53. The number of hydrogen-bond donors (Lipinski definition) is 0. The Balaban J connectivity index is 2.63. The van der Waals surface area contributed by atoms with Crippen LogP contribution < -0.4 is 4.74 Å². The van der Waals surface area contributed by atoms with Gasteiger partial charge < -0.3 is 4.74 Å². The molecule has 1 rings (SSSR count). The molecule has 1 nitrogen and oxygen atoms in total. The van der Waals surface area contributed by atoms with Crippen LogP contribution in [0.15, 0.2) is 36.4 Å². The fraction of sp³-hybridized carbons (Fsp3) is 0.429. The first-order valence-electron chi connectivity index (χ1n) is 5.59. The van der Waals surface area contributed by atoms with Gasteiger partial charge in [0.15, 0.2) is 0 Å². The van der Waals surface area contributed by atoms with Gasteiger partial charge in [-0.3, -0.25) is 0 Å². The van der Waals surface area contributed by atoms with Gasteiger partial charge in [0.25, 0.3) is 0 Å². The van der Waals surface area contributed by atoms with Crippen molar-refractivity contribution in [3.8, 4) is 5.75 Å². The number of unbranched alkanes of at least 4 members (excludes halogenated alkanes) is 1. The summed E-state index contributed by atoms with van der Waals surface area (Å²) in [6.45, 7) is 8.64. The van der Waals surface area contributed by atoms with Gasteiger partial charge in [-0.05, 0) is 37.0 Å². The van der Waals surface area contributed by atoms with Crippen molar-refractivity contribution in [2.24, 2.45) is 0 Å². The van der Waals surface area contributed by atoms with E-state index in [0.29, 0.717) is 6.61 Å². The third-order valence-corrected chi connectivity index (χ3v) is 2.25. The zero-order valence-corrected chi connectivity index (χ0v) is 9.75. The van der Waals surface area contributed by atoms with Gasteiger partial charge in [-0.1, -0.05) is 38.1 Å². The zero-order valence-electron chi connectivity index (χ0n) is 9.75. The average molecular weight is 204 g/mol. The first-order chi connectivity index (χ1) is 7.24. The standard InChI is InChI=1S/C14H20O/c1-4-5-8-13-9-6-7-10-14(13)15-11-12(2)3/h6-7,9-10H,2,4-5,8,11H2,1,3H3. The molecule has 15 heavy (non-hydrogen) atoms. The lowest BCUT2D eigenvalue weighted by Gasteiger charge is -2.10. The molecular formula is C14H20O. The van der Waals surface area contributed by atoms with E-state index in [1.165, 1.54) is 18.4 Å². The Morgan fingerprint density at radius 3 is 2.73 bits per heavy atom. The molecule has 0 saturated heterocycles. The summed E-state index contributed by atoms with van der Waals surface area (Å²) in [4.78, 5) is 0. The van der Waals surface area contributed by atoms with Crippen LogP contribution in [0.5, 0.6) is 5.75 Å². The molecule has 0 heterocycles. The number of aryl methyl sites for hydroxylation is 1. The normalized spacial score (nSPS) is 10.0. The molecule has 0 bridgehead atoms. The molecule has 0 aliphatic carbocycles. The third-order valence-electron chi connectivity index (χ3n) is 2.25. The number of benzene rings is 1. The van der Waals surface area contributed by atoms with E-state index >= 15 is 0 Å². The lowest BCUT2D eigenvalue weighted by Crippen LogP contribution is -2.00. The summed E-state index contributed by atoms with van der Waals surface area (Å²) < 4.78 is 5.70. The lowest BCUT2D eigenvalue weighted by molar-refractivity contribution is 0.348. The highest BCUT2D eigenvalue weighted by Crippen LogP contribution is 2.20. The van der Waals surface area contributed by atoms with Gasteiger partial charge in [-0.2, -0.15) is 0 Å². The maximum atomic E-state index is 5.70. The smallest absolute Gasteiger partial charge is 0.122 e. The summed E-state index contributed by atoms with van der Waals surface area (Å²) in [5, 5.41) is 0. The highest BCUT2D eigenvalue weighted by Gasteiger charge is 2.01. The van der Waals surface area contributed by atoms with Crippen LogP contribution in [0.25, 0.3) is 0 Å². The first kappa shape index (κ1) is 11.8. The molecule has 0 unspecified atom stereocenters. The van der Waals surface area contributed by atoms with Crippen molar-refractivity contribution in [3.05, 3.63) is 42.0 Å². The molecule has 0 atom stereocenters. The fourth-order valence-corrected chi connectivity index (χ4v) is 1.42. The van der Waals surface area contributed by atoms with Gasteiger partial charge in [0.1, 0.15) is 12.4 Å². The SMILES string of the molecule is C=C(C)COc1ccccc1CCCC. The maximum absolute atomic E-state index is 5.70. The molecular weight excluding hydrogens is 184 g/mol. The van der Waals surface area contributed by atoms with Crippen LogP contribution >= 0.6 is 0 Å². The molecule has 82 valence electrons. The zero-order chi connectivity index (χ0) is 11.1. The van der Waals surface area contributed by atoms with Crippen molar-refractivity contribution in [1.29, 1.82) is 0 Å². The number of hydrogen-bond acceptors (Lipinski definition) is 1. The van der Waals surface area contributed by atoms with Gasteiger partial charge in [0.2, 0.25) is 0 Å². The number of rotatable bonds is 6. The van der Waals surface area contributed by atoms with Gasteiger partial charge >= 0.3 is 0 Å². The summed E-state index contributed by atoms with van der Waals surface area (Å²) in [6, 6.07) is 8.26. The molecule has 0 N–H and O–H groups in total. The minimum Gasteiger partial charge on any atom is -0.489 e. The molecule has 0 aromatic heterocycles. The molecule has 1 aromatic carbocycles. The average Bonchev–Trinajstić information content (AvgIpc) is 2.24. The minimum atomic E-state index is 0.614. The Kier molecular flexibility index (Phi) is 4.96. The first-order valence-corrected chi connectivity index (χ1v) is 5.59. The van der Waals surface area contributed by atoms with Crippen molar-refractivity contribution >= 4 is 0 Å². The fourth-order valence-electron chi connectivity index (χ4n) is 1.42. The van der Waals surface area contributed by atoms with Crippen molar-refractivity contribution in [3.63, 3.8) is 0 Å². The van der Waals surface area contributed by atoms with E-state index in [0.717, 1.165) is 17.7 Å². The number of para-hydroxylation sites is 1. The van der Waals surface area contributed by atoms with Gasteiger partial charge in [0.05, 0.1) is 0 Å². The lowest BCUT2D eigenvalue weighted by atomic mass is 10.1. The molecule has 0 fully saturated rings. The summed E-state index contributed by atoms with van der Waals surface area (Å²) in [5.74, 6) is 1.01. The summed E-state index contributed by atoms with van der Waals surface area (Å²) in [7, 11) is 0. The quantitative estimate of drug-likeness (QED) is 0.637. The predicted molar refractivity (Wildman–Crippen MR) is 65.4 cm³/mol. The second-order valence-corrected chi connectivity index (χ2v) is 3.96. The van der Waals surface area contributed by atoms with Crippen LogP contribution in [0, 0.1) is 0 Å². The Morgan fingerprint density at radius 2 is 2.07 bits per heavy atom. The van der Waals surface area contributed by atoms with E-state index in [-0.39, 0.29) is 0 Å². The van der Waals surface area contributed by atoms with E-state index in [4.69, 9.17) is 4.74 Å². The van der Waals surface area contributed by atoms with Crippen molar-refractivity contribution in [1.82, 2.24) is 0 Å². The molecule has 0 spiro atoms. The molecule has 1 heteroatoms. The van der Waals surface area contributed by atoms with Crippen molar-refractivity contribution < 1.29 is 4.74 Å². The highest BCUT2D eigenvalue weighted by atomic mass is 16.5. The van der Waals surface area contributed by atoms with Crippen molar-refractivity contribution in [2.45, 2.75) is 33.1 Å². The number of ether oxygens (including phenoxy) is 1. The Bertz CT molecular complexity index is 315. The Morgan fingerprint density at radius 1 is 1.33 bits per heavy atom. The molecule has 0 aliphatic rings. The monoisotopic (exact) mass is 204 g/mol. The Hall–Kier alpha value is -1.24. The van der Waals surface area contributed by atoms with Crippen LogP contribution in [0.1, 0.15) is 32.3 Å². The second kappa shape index (κ2) is 6.28. The van der Waals surface area contributed by atoms with E-state index in [1.54, 1.807) is 0 Å². The van der Waals surface area contributed by atoms with E-state index < -0.39 is 0 Å². The van der Waals surface area contributed by atoms with Crippen LogP contribution in [-0.2, 0) is 6.42 Å². The molecule has 0 aliphatic heterocycles. The van der Waals surface area contributed by atoms with E-state index in [9.17, 15) is 0 Å². The van der Waals surface area contributed by atoms with Crippen LogP contribution in [-0.4, -0.2) is 6.61 Å². The van der Waals surface area contributed by atoms with Gasteiger partial charge in [-0.25, -0.2) is 0 Å². The molecule has 1 aromatic rings. The van der Waals surface area contributed by atoms with Crippen molar-refractivity contribution in [2.75, 3.05) is 6.61 Å². The largest absolute Gasteiger partial charge is 0.489 e. The molecule has 0 saturated carbocycles. The summed E-state index contributed by atoms with van der Waals surface area (Å²) >= 11 is 0. The third kappa shape index (κ3) is 4.20. The second-order valence-electron chi connectivity index (χ2n) is 3.96. The van der Waals surface area contributed by atoms with E-state index in [2.05, 4.69) is 25.6 Å². The minimum absolute atomic E-state index is 0.614. The van der Waals surface area contributed by atoms with Gasteiger partial charge in [-0.15, -0.1) is 0 Å². The molecule has 0 amide bonds. The maximum Gasteiger partial charge on any atom is 0.122 e. The topological polar surface area (TPSA) is 9.23 Å². The van der Waals surface area contributed by atoms with Gasteiger partial charge in [0, 0.05) is 0 Å². The Labute approximate surface area is 92.8 Å². The van der Waals surface area contributed by atoms with E-state index in [1.807, 2.05) is 19.1 Å².